The van der Waals surface area contributed by atoms with E-state index in [2.05, 4.69) is 4.98 Å². The maximum absolute atomic E-state index is 13.2. The molecule has 2 rings (SSSR count). The van der Waals surface area contributed by atoms with Crippen LogP contribution in [-0.4, -0.2) is 73.2 Å². The number of para-hydroxylation sites is 2. The molecular formula is C27H38N4O9. The summed E-state index contributed by atoms with van der Waals surface area (Å²) in [5.74, 6) is -1.16. The number of rotatable bonds is 5. The van der Waals surface area contributed by atoms with Crippen LogP contribution in [0.25, 0.3) is 11.0 Å². The molecule has 0 aliphatic heterocycles. The van der Waals surface area contributed by atoms with Gasteiger partial charge in [0.05, 0.1) is 11.0 Å². The number of ether oxygens (including phenoxy) is 3. The second-order valence-corrected chi connectivity index (χ2v) is 11.9. The Hall–Kier alpha value is -4.16. The summed E-state index contributed by atoms with van der Waals surface area (Å²) in [4.78, 5) is 69.5. The summed E-state index contributed by atoms with van der Waals surface area (Å²) in [5.41, 5.74) is -2.35. The Balaban J connectivity index is 2.37. The van der Waals surface area contributed by atoms with Crippen molar-refractivity contribution >= 4 is 47.3 Å². The van der Waals surface area contributed by atoms with E-state index in [1.54, 1.807) is 80.5 Å². The number of carboxylic acid groups (broad SMARTS) is 1. The van der Waals surface area contributed by atoms with Gasteiger partial charge in [-0.1, -0.05) is 12.1 Å². The van der Waals surface area contributed by atoms with Crippen LogP contribution in [0.1, 0.15) is 75.2 Å². The van der Waals surface area contributed by atoms with E-state index in [1.807, 2.05) is 0 Å². The first-order valence-corrected chi connectivity index (χ1v) is 12.7. The number of aromatic nitrogens is 2. The van der Waals surface area contributed by atoms with Crippen molar-refractivity contribution in [3.8, 4) is 0 Å². The number of carbonyl (C=O) groups is 5. The maximum Gasteiger partial charge on any atom is 0.426 e. The second kappa shape index (κ2) is 11.9. The molecule has 1 heterocycles. The monoisotopic (exact) mass is 562 g/mol. The summed E-state index contributed by atoms with van der Waals surface area (Å²) in [5, 5.41) is 9.89. The van der Waals surface area contributed by atoms with E-state index in [0.717, 1.165) is 9.47 Å². The normalized spacial score (nSPS) is 12.0. The minimum Gasteiger partial charge on any atom is -0.464 e. The Morgan fingerprint density at radius 2 is 1.27 bits per heavy atom. The van der Waals surface area contributed by atoms with Crippen LogP contribution in [0, 0.1) is 0 Å². The molecule has 220 valence electrons. The van der Waals surface area contributed by atoms with Gasteiger partial charge < -0.3 is 19.3 Å². The first-order valence-electron chi connectivity index (χ1n) is 12.7. The third-order valence-corrected chi connectivity index (χ3v) is 4.76. The molecule has 0 aliphatic carbocycles. The highest BCUT2D eigenvalue weighted by molar-refractivity contribution is 6.06. The van der Waals surface area contributed by atoms with Crippen LogP contribution in [0.4, 0.5) is 25.1 Å². The highest BCUT2D eigenvalue weighted by atomic mass is 16.6. The van der Waals surface area contributed by atoms with Crippen LogP contribution in [0.2, 0.25) is 0 Å². The molecule has 1 aromatic carbocycles. The van der Waals surface area contributed by atoms with Crippen molar-refractivity contribution in [2.75, 3.05) is 11.4 Å². The van der Waals surface area contributed by atoms with Gasteiger partial charge in [0.15, 0.2) is 0 Å². The highest BCUT2D eigenvalue weighted by Crippen LogP contribution is 2.25. The molecule has 4 amide bonds. The average molecular weight is 563 g/mol. The maximum atomic E-state index is 13.2. The lowest BCUT2D eigenvalue weighted by molar-refractivity contribution is -0.129. The Morgan fingerprint density at radius 3 is 1.75 bits per heavy atom. The van der Waals surface area contributed by atoms with Crippen molar-refractivity contribution in [3.63, 3.8) is 0 Å². The lowest BCUT2D eigenvalue weighted by Crippen LogP contribution is -2.47. The van der Waals surface area contributed by atoms with Crippen LogP contribution < -0.4 is 4.90 Å². The van der Waals surface area contributed by atoms with Crippen LogP contribution in [0.5, 0.6) is 0 Å². The Labute approximate surface area is 233 Å². The Morgan fingerprint density at radius 1 is 0.800 bits per heavy atom. The molecule has 0 radical (unpaired) electrons. The third kappa shape index (κ3) is 8.95. The largest absolute Gasteiger partial charge is 0.464 e. The van der Waals surface area contributed by atoms with E-state index >= 15 is 0 Å². The van der Waals surface area contributed by atoms with E-state index in [9.17, 15) is 29.1 Å². The van der Waals surface area contributed by atoms with Gasteiger partial charge in [-0.2, -0.15) is 0 Å². The van der Waals surface area contributed by atoms with Crippen molar-refractivity contribution in [1.82, 2.24) is 14.5 Å². The van der Waals surface area contributed by atoms with Gasteiger partial charge in [-0.3, -0.25) is 4.79 Å². The lowest BCUT2D eigenvalue weighted by Gasteiger charge is -2.28. The zero-order valence-electron chi connectivity index (χ0n) is 24.4. The number of fused-ring (bicyclic) bond motifs is 1. The number of benzene rings is 1. The van der Waals surface area contributed by atoms with Crippen molar-refractivity contribution in [2.24, 2.45) is 0 Å². The number of carbonyl (C=O) groups excluding carboxylic acids is 4. The number of hydrogen-bond acceptors (Lipinski definition) is 9. The van der Waals surface area contributed by atoms with Crippen molar-refractivity contribution < 1.29 is 43.3 Å². The van der Waals surface area contributed by atoms with Crippen LogP contribution >= 0.6 is 0 Å². The van der Waals surface area contributed by atoms with Crippen LogP contribution in [0.3, 0.4) is 0 Å². The standard InChI is InChI=1S/C27H38N4O9/c1-25(2,3)38-22(35)29(20-28-17-13-10-11-14-18(17)30(20)21(33)34)16-12-15-19(32)31(23(36)39-26(4,5)6)24(37)40-27(7,8)9/h10-11,13-14H,12,15-16H2,1-9H3,(H,33,34). The molecule has 2 aromatic rings. The Kier molecular flexibility index (Phi) is 9.56. The first kappa shape index (κ1) is 32.1. The van der Waals surface area contributed by atoms with E-state index in [-0.39, 0.29) is 29.3 Å². The predicted molar refractivity (Wildman–Crippen MR) is 145 cm³/mol. The fourth-order valence-electron chi connectivity index (χ4n) is 3.37. The molecule has 13 nitrogen and oxygen atoms in total. The van der Waals surface area contributed by atoms with Gasteiger partial charge in [0.25, 0.3) is 0 Å². The van der Waals surface area contributed by atoms with Gasteiger partial charge in [-0.15, -0.1) is 4.90 Å². The van der Waals surface area contributed by atoms with Crippen molar-refractivity contribution in [3.05, 3.63) is 24.3 Å². The van der Waals surface area contributed by atoms with Gasteiger partial charge in [-0.25, -0.2) is 33.6 Å². The lowest BCUT2D eigenvalue weighted by atomic mass is 10.2. The molecule has 0 bridgehead atoms. The molecule has 0 atom stereocenters. The van der Waals surface area contributed by atoms with Crippen LogP contribution in [-0.2, 0) is 19.0 Å². The molecule has 1 N–H and O–H groups in total. The molecule has 1 aromatic heterocycles. The van der Waals surface area contributed by atoms with E-state index in [0.29, 0.717) is 5.52 Å². The van der Waals surface area contributed by atoms with Crippen molar-refractivity contribution in [2.45, 2.75) is 92.0 Å². The van der Waals surface area contributed by atoms with E-state index < -0.39 is 53.5 Å². The number of imide groups is 3. The molecular weight excluding hydrogens is 524 g/mol. The molecule has 0 aliphatic rings. The quantitative estimate of drug-likeness (QED) is 0.443. The first-order chi connectivity index (χ1) is 18.2. The molecule has 0 saturated heterocycles. The number of anilines is 1. The topological polar surface area (TPSA) is 158 Å². The second-order valence-electron chi connectivity index (χ2n) is 11.9. The third-order valence-electron chi connectivity index (χ3n) is 4.76. The summed E-state index contributed by atoms with van der Waals surface area (Å²) in [7, 11) is 0. The summed E-state index contributed by atoms with van der Waals surface area (Å²) < 4.78 is 16.8. The van der Waals surface area contributed by atoms with Gasteiger partial charge in [0, 0.05) is 13.0 Å². The number of hydrogen-bond donors (Lipinski definition) is 1. The molecule has 40 heavy (non-hydrogen) atoms. The summed E-state index contributed by atoms with van der Waals surface area (Å²) >= 11 is 0. The number of imidazole rings is 1. The average Bonchev–Trinajstić information content (AvgIpc) is 3.12. The fraction of sp³-hybridized carbons (Fsp3) is 0.556. The molecule has 0 fully saturated rings. The summed E-state index contributed by atoms with van der Waals surface area (Å²) in [6.07, 6.45) is -5.18. The number of nitrogens with zero attached hydrogens (tertiary/aromatic N) is 4. The molecule has 0 unspecified atom stereocenters. The number of amides is 4. The highest BCUT2D eigenvalue weighted by Gasteiger charge is 2.36. The summed E-state index contributed by atoms with van der Waals surface area (Å²) in [6.45, 7) is 14.2. The minimum atomic E-state index is -1.38. The van der Waals surface area contributed by atoms with E-state index in [1.165, 1.54) is 6.07 Å². The molecule has 0 saturated carbocycles. The van der Waals surface area contributed by atoms with Gasteiger partial charge in [-0.05, 0) is 80.9 Å². The SMILES string of the molecule is CC(C)(C)OC(=O)N(C(=O)CCCN(C(=O)OC(C)(C)C)c1nc2ccccc2n1C(=O)O)C(=O)OC(C)(C)C. The Bertz CT molecular complexity index is 1250. The summed E-state index contributed by atoms with van der Waals surface area (Å²) in [6, 6.07) is 6.43. The van der Waals surface area contributed by atoms with E-state index in [4.69, 9.17) is 14.2 Å². The van der Waals surface area contributed by atoms with Gasteiger partial charge >= 0.3 is 24.4 Å². The smallest absolute Gasteiger partial charge is 0.426 e. The molecule has 13 heteroatoms. The zero-order chi connectivity index (χ0) is 30.6. The zero-order valence-corrected chi connectivity index (χ0v) is 24.4. The van der Waals surface area contributed by atoms with Crippen molar-refractivity contribution in [1.29, 1.82) is 0 Å². The molecule has 0 spiro atoms. The van der Waals surface area contributed by atoms with Gasteiger partial charge in [0.2, 0.25) is 11.9 Å². The predicted octanol–water partition coefficient (Wildman–Crippen LogP) is 5.78. The fourth-order valence-corrected chi connectivity index (χ4v) is 3.37. The van der Waals surface area contributed by atoms with Crippen LogP contribution in [0.15, 0.2) is 24.3 Å². The minimum absolute atomic E-state index is 0.0942. The van der Waals surface area contributed by atoms with Gasteiger partial charge in [0.1, 0.15) is 16.8 Å².